The van der Waals surface area contributed by atoms with E-state index in [0.29, 0.717) is 11.6 Å². The first-order valence-electron chi connectivity index (χ1n) is 10.4. The zero-order chi connectivity index (χ0) is 20.4. The Morgan fingerprint density at radius 3 is 2.52 bits per heavy atom. The lowest BCUT2D eigenvalue weighted by Crippen LogP contribution is -2.35. The molecule has 1 aliphatic carbocycles. The summed E-state index contributed by atoms with van der Waals surface area (Å²) < 4.78 is 0. The van der Waals surface area contributed by atoms with Crippen LogP contribution in [-0.2, 0) is 6.42 Å². The SMILES string of the molecule is Cc1nc(C(=O)N(CCc2ccccc2)CC2CC2)c(-c2ccc(C)c(C)c2)s1. The summed E-state index contributed by atoms with van der Waals surface area (Å²) >= 11 is 1.62. The van der Waals surface area contributed by atoms with Crippen LogP contribution in [0, 0.1) is 26.7 Å². The molecule has 0 saturated heterocycles. The van der Waals surface area contributed by atoms with Crippen LogP contribution in [0.2, 0.25) is 0 Å². The summed E-state index contributed by atoms with van der Waals surface area (Å²) in [5, 5.41) is 0.941. The van der Waals surface area contributed by atoms with Gasteiger partial charge in [0, 0.05) is 13.1 Å². The highest BCUT2D eigenvalue weighted by Crippen LogP contribution is 2.34. The number of rotatable bonds is 7. The first-order valence-corrected chi connectivity index (χ1v) is 11.2. The van der Waals surface area contributed by atoms with Gasteiger partial charge in [-0.25, -0.2) is 4.98 Å². The third kappa shape index (κ3) is 4.76. The van der Waals surface area contributed by atoms with Crippen molar-refractivity contribution >= 4 is 17.2 Å². The number of aromatic nitrogens is 1. The van der Waals surface area contributed by atoms with E-state index in [1.807, 2.05) is 17.9 Å². The second kappa shape index (κ2) is 8.50. The Morgan fingerprint density at radius 2 is 1.83 bits per heavy atom. The lowest BCUT2D eigenvalue weighted by Gasteiger charge is -2.22. The molecule has 0 bridgehead atoms. The number of hydrogen-bond acceptors (Lipinski definition) is 3. The van der Waals surface area contributed by atoms with Crippen LogP contribution in [0.15, 0.2) is 48.5 Å². The van der Waals surface area contributed by atoms with Crippen LogP contribution in [0.1, 0.15) is 45.0 Å². The lowest BCUT2D eigenvalue weighted by molar-refractivity contribution is 0.0745. The lowest BCUT2D eigenvalue weighted by atomic mass is 10.0. The Morgan fingerprint density at radius 1 is 1.07 bits per heavy atom. The van der Waals surface area contributed by atoms with Crippen molar-refractivity contribution in [2.45, 2.75) is 40.0 Å². The summed E-state index contributed by atoms with van der Waals surface area (Å²) in [7, 11) is 0. The fourth-order valence-electron chi connectivity index (χ4n) is 3.60. The largest absolute Gasteiger partial charge is 0.337 e. The van der Waals surface area contributed by atoms with Gasteiger partial charge in [-0.1, -0.05) is 48.5 Å². The van der Waals surface area contributed by atoms with Crippen molar-refractivity contribution < 1.29 is 4.79 Å². The molecule has 1 heterocycles. The first kappa shape index (κ1) is 19.8. The van der Waals surface area contributed by atoms with E-state index >= 15 is 0 Å². The van der Waals surface area contributed by atoms with E-state index in [4.69, 9.17) is 0 Å². The summed E-state index contributed by atoms with van der Waals surface area (Å²) in [4.78, 5) is 21.3. The number of thiazole rings is 1. The van der Waals surface area contributed by atoms with Crippen molar-refractivity contribution in [1.82, 2.24) is 9.88 Å². The minimum atomic E-state index is 0.0745. The quantitative estimate of drug-likeness (QED) is 0.496. The number of carbonyl (C=O) groups excluding carboxylic acids is 1. The molecule has 0 radical (unpaired) electrons. The van der Waals surface area contributed by atoms with E-state index in [9.17, 15) is 4.79 Å². The Kier molecular flexibility index (Phi) is 5.81. The van der Waals surface area contributed by atoms with Gasteiger partial charge in [-0.3, -0.25) is 4.79 Å². The number of carbonyl (C=O) groups is 1. The van der Waals surface area contributed by atoms with Gasteiger partial charge in [0.05, 0.1) is 9.88 Å². The van der Waals surface area contributed by atoms with Crippen LogP contribution in [-0.4, -0.2) is 28.9 Å². The molecule has 4 heteroatoms. The van der Waals surface area contributed by atoms with Crippen molar-refractivity contribution in [1.29, 1.82) is 0 Å². The molecule has 3 aromatic rings. The van der Waals surface area contributed by atoms with E-state index in [1.165, 1.54) is 29.5 Å². The molecule has 0 unspecified atom stereocenters. The van der Waals surface area contributed by atoms with Crippen molar-refractivity contribution in [3.05, 3.63) is 75.9 Å². The Hall–Kier alpha value is -2.46. The average Bonchev–Trinajstić information content (AvgIpc) is 3.46. The molecule has 3 nitrogen and oxygen atoms in total. The van der Waals surface area contributed by atoms with Crippen molar-refractivity contribution in [2.75, 3.05) is 13.1 Å². The van der Waals surface area contributed by atoms with Gasteiger partial charge in [-0.2, -0.15) is 0 Å². The summed E-state index contributed by atoms with van der Waals surface area (Å²) in [5.41, 5.74) is 5.48. The van der Waals surface area contributed by atoms with Gasteiger partial charge in [-0.15, -0.1) is 11.3 Å². The maximum atomic E-state index is 13.6. The molecule has 0 spiro atoms. The highest BCUT2D eigenvalue weighted by molar-refractivity contribution is 7.15. The van der Waals surface area contributed by atoms with E-state index in [-0.39, 0.29) is 5.91 Å². The molecule has 1 aromatic heterocycles. The maximum Gasteiger partial charge on any atom is 0.274 e. The highest BCUT2D eigenvalue weighted by atomic mass is 32.1. The number of hydrogen-bond donors (Lipinski definition) is 0. The average molecular weight is 405 g/mol. The fraction of sp³-hybridized carbons (Fsp3) is 0.360. The minimum absolute atomic E-state index is 0.0745. The summed E-state index contributed by atoms with van der Waals surface area (Å²) in [6.07, 6.45) is 3.34. The predicted molar refractivity (Wildman–Crippen MR) is 121 cm³/mol. The third-order valence-corrected chi connectivity index (χ3v) is 6.70. The zero-order valence-corrected chi connectivity index (χ0v) is 18.3. The summed E-state index contributed by atoms with van der Waals surface area (Å²) in [6.45, 7) is 7.80. The summed E-state index contributed by atoms with van der Waals surface area (Å²) in [6, 6.07) is 16.8. The molecule has 4 rings (SSSR count). The fourth-order valence-corrected chi connectivity index (χ4v) is 4.50. The van der Waals surface area contributed by atoms with Gasteiger partial charge in [0.25, 0.3) is 5.91 Å². The maximum absolute atomic E-state index is 13.6. The van der Waals surface area contributed by atoms with Crippen LogP contribution in [0.4, 0.5) is 0 Å². The molecule has 1 fully saturated rings. The van der Waals surface area contributed by atoms with Crippen LogP contribution < -0.4 is 0 Å². The van der Waals surface area contributed by atoms with E-state index in [2.05, 4.69) is 61.3 Å². The van der Waals surface area contributed by atoms with Gasteiger partial charge in [0.1, 0.15) is 5.69 Å². The summed E-state index contributed by atoms with van der Waals surface area (Å²) in [5.74, 6) is 0.727. The molecule has 0 aliphatic heterocycles. The second-order valence-electron chi connectivity index (χ2n) is 8.14. The van der Waals surface area contributed by atoms with Crippen LogP contribution in [0.5, 0.6) is 0 Å². The molecule has 1 saturated carbocycles. The predicted octanol–water partition coefficient (Wildman–Crippen LogP) is 5.83. The molecule has 1 amide bonds. The highest BCUT2D eigenvalue weighted by Gasteiger charge is 2.29. The Labute approximate surface area is 177 Å². The topological polar surface area (TPSA) is 33.2 Å². The van der Waals surface area contributed by atoms with E-state index in [0.717, 1.165) is 35.0 Å². The normalized spacial score (nSPS) is 13.5. The number of nitrogens with zero attached hydrogens (tertiary/aromatic N) is 2. The van der Waals surface area contributed by atoms with Gasteiger partial charge >= 0.3 is 0 Å². The standard InChI is InChI=1S/C25H28N2OS/c1-17-9-12-22(15-18(17)2)24-23(26-19(3)29-24)25(28)27(16-21-10-11-21)14-13-20-7-5-4-6-8-20/h4-9,12,15,21H,10-11,13-14,16H2,1-3H3. The molecular weight excluding hydrogens is 376 g/mol. The number of amides is 1. The van der Waals surface area contributed by atoms with Gasteiger partial charge in [0.15, 0.2) is 0 Å². The third-order valence-electron chi connectivity index (χ3n) is 5.68. The van der Waals surface area contributed by atoms with E-state index < -0.39 is 0 Å². The van der Waals surface area contributed by atoms with Crippen molar-refractivity contribution in [2.24, 2.45) is 5.92 Å². The Bertz CT molecular complexity index is 1000. The second-order valence-corrected chi connectivity index (χ2v) is 9.34. The van der Waals surface area contributed by atoms with Gasteiger partial charge < -0.3 is 4.90 Å². The molecule has 1 aliphatic rings. The van der Waals surface area contributed by atoms with Crippen molar-refractivity contribution in [3.63, 3.8) is 0 Å². The first-order chi connectivity index (χ1) is 14.0. The molecular formula is C25H28N2OS. The van der Waals surface area contributed by atoms with E-state index in [1.54, 1.807) is 11.3 Å². The smallest absolute Gasteiger partial charge is 0.274 e. The zero-order valence-electron chi connectivity index (χ0n) is 17.4. The number of aryl methyl sites for hydroxylation is 3. The van der Waals surface area contributed by atoms with Crippen LogP contribution >= 0.6 is 11.3 Å². The minimum Gasteiger partial charge on any atom is -0.337 e. The van der Waals surface area contributed by atoms with Crippen LogP contribution in [0.3, 0.4) is 0 Å². The molecule has 29 heavy (non-hydrogen) atoms. The monoisotopic (exact) mass is 404 g/mol. The molecule has 150 valence electrons. The van der Waals surface area contributed by atoms with Gasteiger partial charge in [0.2, 0.25) is 0 Å². The van der Waals surface area contributed by atoms with Crippen molar-refractivity contribution in [3.8, 4) is 10.4 Å². The molecule has 2 aromatic carbocycles. The molecule has 0 N–H and O–H groups in total. The Balaban J connectivity index is 1.60. The van der Waals surface area contributed by atoms with Gasteiger partial charge in [-0.05, 0) is 68.2 Å². The number of benzene rings is 2. The molecule has 0 atom stereocenters. The van der Waals surface area contributed by atoms with Crippen LogP contribution in [0.25, 0.3) is 10.4 Å².